The Morgan fingerprint density at radius 1 is 1.10 bits per heavy atom. The number of rotatable bonds is 7. The molecule has 0 saturated heterocycles. The van der Waals surface area contributed by atoms with Crippen LogP contribution in [0.4, 0.5) is 5.69 Å². The largest absolute Gasteiger partial charge is 0.368 e. The average molecular weight is 431 g/mol. The van der Waals surface area contributed by atoms with Gasteiger partial charge in [-0.1, -0.05) is 12.1 Å². The lowest BCUT2D eigenvalue weighted by molar-refractivity contribution is 0.00326. The van der Waals surface area contributed by atoms with E-state index in [1.807, 2.05) is 39.0 Å². The number of pyridine rings is 1. The summed E-state index contributed by atoms with van der Waals surface area (Å²) in [5.41, 5.74) is 1.42. The molecule has 2 aromatic heterocycles. The number of benzene rings is 1. The van der Waals surface area contributed by atoms with Crippen LogP contribution in [0.15, 0.2) is 65.1 Å². The summed E-state index contributed by atoms with van der Waals surface area (Å²) in [5, 5.41) is 1.68. The van der Waals surface area contributed by atoms with Gasteiger partial charge in [-0.15, -0.1) is 11.3 Å². The van der Waals surface area contributed by atoms with Crippen LogP contribution in [-0.2, 0) is 14.8 Å². The van der Waals surface area contributed by atoms with Crippen molar-refractivity contribution in [2.45, 2.75) is 31.3 Å². The lowest BCUT2D eigenvalue weighted by atomic mass is 10.1. The molecule has 152 valence electrons. The standard InChI is InChI=1S/C21H22N2O4S2/c1-21(2,3)27-14-19(24)20-18(9-12-28-20)23-29(25,26)17-6-4-5-16(13-17)15-7-10-22-11-8-15/h4-13,23H,14H2,1-3H3. The number of hydrogen-bond donors (Lipinski definition) is 1. The Hall–Kier alpha value is -2.55. The number of anilines is 1. The highest BCUT2D eigenvalue weighted by molar-refractivity contribution is 7.92. The van der Waals surface area contributed by atoms with Gasteiger partial charge in [-0.25, -0.2) is 8.42 Å². The summed E-state index contributed by atoms with van der Waals surface area (Å²) < 4.78 is 33.9. The van der Waals surface area contributed by atoms with Crippen LogP contribution in [-0.4, -0.2) is 31.4 Å². The van der Waals surface area contributed by atoms with Gasteiger partial charge in [0.05, 0.1) is 21.1 Å². The highest BCUT2D eigenvalue weighted by Crippen LogP contribution is 2.28. The second kappa shape index (κ2) is 8.44. The summed E-state index contributed by atoms with van der Waals surface area (Å²) in [4.78, 5) is 16.9. The average Bonchev–Trinajstić information content (AvgIpc) is 3.14. The lowest BCUT2D eigenvalue weighted by Crippen LogP contribution is -2.24. The molecule has 0 aliphatic carbocycles. The molecule has 0 unspecified atom stereocenters. The molecule has 8 heteroatoms. The summed E-state index contributed by atoms with van der Waals surface area (Å²) >= 11 is 1.18. The molecule has 0 radical (unpaired) electrons. The van der Waals surface area contributed by atoms with Crippen LogP contribution >= 0.6 is 11.3 Å². The van der Waals surface area contributed by atoms with Gasteiger partial charge in [0.15, 0.2) is 0 Å². The third-order valence-corrected chi connectivity index (χ3v) is 6.28. The number of ether oxygens (including phenoxy) is 1. The molecule has 0 saturated carbocycles. The maximum atomic E-state index is 12.9. The van der Waals surface area contributed by atoms with Gasteiger partial charge in [0.1, 0.15) is 6.61 Å². The van der Waals surface area contributed by atoms with Crippen molar-refractivity contribution in [3.05, 3.63) is 65.1 Å². The molecule has 1 aromatic carbocycles. The number of carbonyl (C=O) groups excluding carboxylic acids is 1. The van der Waals surface area contributed by atoms with Crippen LogP contribution in [0, 0.1) is 0 Å². The van der Waals surface area contributed by atoms with E-state index >= 15 is 0 Å². The third kappa shape index (κ3) is 5.50. The fourth-order valence-electron chi connectivity index (χ4n) is 2.54. The second-order valence-electron chi connectivity index (χ2n) is 7.36. The van der Waals surface area contributed by atoms with Crippen LogP contribution < -0.4 is 4.72 Å². The van der Waals surface area contributed by atoms with E-state index in [1.165, 1.54) is 17.4 Å². The van der Waals surface area contributed by atoms with Gasteiger partial charge in [0, 0.05) is 12.4 Å². The first-order valence-electron chi connectivity index (χ1n) is 8.94. The van der Waals surface area contributed by atoms with E-state index in [4.69, 9.17) is 4.74 Å². The fourth-order valence-corrected chi connectivity index (χ4v) is 4.50. The summed E-state index contributed by atoms with van der Waals surface area (Å²) in [6.07, 6.45) is 3.30. The molecular weight excluding hydrogens is 408 g/mol. The zero-order valence-electron chi connectivity index (χ0n) is 16.4. The monoisotopic (exact) mass is 430 g/mol. The molecule has 0 aliphatic heterocycles. The molecule has 0 atom stereocenters. The van der Waals surface area contributed by atoms with Crippen molar-refractivity contribution in [2.75, 3.05) is 11.3 Å². The van der Waals surface area contributed by atoms with E-state index in [1.54, 1.807) is 36.0 Å². The van der Waals surface area contributed by atoms with Crippen molar-refractivity contribution < 1.29 is 17.9 Å². The van der Waals surface area contributed by atoms with Crippen LogP contribution in [0.25, 0.3) is 11.1 Å². The molecule has 0 spiro atoms. The maximum absolute atomic E-state index is 12.9. The van der Waals surface area contributed by atoms with Crippen molar-refractivity contribution in [1.29, 1.82) is 0 Å². The van der Waals surface area contributed by atoms with Gasteiger partial charge in [-0.2, -0.15) is 0 Å². The second-order valence-corrected chi connectivity index (χ2v) is 9.96. The van der Waals surface area contributed by atoms with Crippen molar-refractivity contribution in [2.24, 2.45) is 0 Å². The summed E-state index contributed by atoms with van der Waals surface area (Å²) in [5.74, 6) is -0.266. The Bertz CT molecular complexity index is 1100. The molecular formula is C21H22N2O4S2. The van der Waals surface area contributed by atoms with Gasteiger partial charge in [-0.3, -0.25) is 14.5 Å². The van der Waals surface area contributed by atoms with Gasteiger partial charge in [0.25, 0.3) is 10.0 Å². The van der Waals surface area contributed by atoms with Crippen molar-refractivity contribution in [3.63, 3.8) is 0 Å². The predicted octanol–water partition coefficient (Wildman–Crippen LogP) is 4.61. The molecule has 0 fully saturated rings. The Morgan fingerprint density at radius 3 is 2.52 bits per heavy atom. The maximum Gasteiger partial charge on any atom is 0.261 e. The number of Topliss-reactive ketones (excluding diaryl/α,β-unsaturated/α-hetero) is 1. The Labute approximate surface area is 174 Å². The van der Waals surface area contributed by atoms with E-state index in [0.717, 1.165) is 11.1 Å². The number of ketones is 1. The van der Waals surface area contributed by atoms with Crippen LogP contribution in [0.1, 0.15) is 30.4 Å². The highest BCUT2D eigenvalue weighted by atomic mass is 32.2. The number of nitrogens with zero attached hydrogens (tertiary/aromatic N) is 1. The number of carbonyl (C=O) groups is 1. The van der Waals surface area contributed by atoms with E-state index in [0.29, 0.717) is 4.88 Å². The van der Waals surface area contributed by atoms with Gasteiger partial charge >= 0.3 is 0 Å². The number of sulfonamides is 1. The van der Waals surface area contributed by atoms with Gasteiger partial charge in [-0.05, 0) is 67.6 Å². The first-order chi connectivity index (χ1) is 13.7. The zero-order chi connectivity index (χ0) is 21.1. The number of hydrogen-bond acceptors (Lipinski definition) is 6. The number of aromatic nitrogens is 1. The van der Waals surface area contributed by atoms with Crippen LogP contribution in [0.2, 0.25) is 0 Å². The smallest absolute Gasteiger partial charge is 0.261 e. The predicted molar refractivity (Wildman–Crippen MR) is 115 cm³/mol. The zero-order valence-corrected chi connectivity index (χ0v) is 18.0. The topological polar surface area (TPSA) is 85.4 Å². The third-order valence-electron chi connectivity index (χ3n) is 3.96. The first-order valence-corrected chi connectivity index (χ1v) is 11.3. The molecule has 0 amide bonds. The van der Waals surface area contributed by atoms with E-state index in [2.05, 4.69) is 9.71 Å². The lowest BCUT2D eigenvalue weighted by Gasteiger charge is -2.18. The summed E-state index contributed by atoms with van der Waals surface area (Å²) in [6, 6.07) is 11.8. The van der Waals surface area contributed by atoms with E-state index < -0.39 is 15.6 Å². The van der Waals surface area contributed by atoms with Crippen molar-refractivity contribution in [3.8, 4) is 11.1 Å². The van der Waals surface area contributed by atoms with E-state index in [-0.39, 0.29) is 23.0 Å². The Kier molecular flexibility index (Phi) is 6.16. The van der Waals surface area contributed by atoms with Crippen LogP contribution in [0.3, 0.4) is 0 Å². The molecule has 3 aromatic rings. The van der Waals surface area contributed by atoms with E-state index in [9.17, 15) is 13.2 Å². The van der Waals surface area contributed by atoms with Gasteiger partial charge < -0.3 is 4.74 Å². The van der Waals surface area contributed by atoms with Gasteiger partial charge in [0.2, 0.25) is 5.78 Å². The molecule has 3 rings (SSSR count). The minimum atomic E-state index is -3.87. The molecule has 1 N–H and O–H groups in total. The minimum absolute atomic E-state index is 0.113. The summed E-state index contributed by atoms with van der Waals surface area (Å²) in [7, 11) is -3.87. The Balaban J connectivity index is 1.83. The molecule has 0 bridgehead atoms. The molecule has 6 nitrogen and oxygen atoms in total. The van der Waals surface area contributed by atoms with Crippen molar-refractivity contribution in [1.82, 2.24) is 4.98 Å². The molecule has 29 heavy (non-hydrogen) atoms. The van der Waals surface area contributed by atoms with Crippen molar-refractivity contribution >= 4 is 32.8 Å². The molecule has 2 heterocycles. The SMILES string of the molecule is CC(C)(C)OCC(=O)c1sccc1NS(=O)(=O)c1cccc(-c2ccncc2)c1. The minimum Gasteiger partial charge on any atom is -0.368 e. The number of nitrogens with one attached hydrogen (secondary N) is 1. The fraction of sp³-hybridized carbons (Fsp3) is 0.238. The Morgan fingerprint density at radius 2 is 1.83 bits per heavy atom. The number of thiophene rings is 1. The molecule has 0 aliphatic rings. The highest BCUT2D eigenvalue weighted by Gasteiger charge is 2.22. The normalized spacial score (nSPS) is 12.0. The quantitative estimate of drug-likeness (QED) is 0.553. The van der Waals surface area contributed by atoms with Crippen LogP contribution in [0.5, 0.6) is 0 Å². The summed E-state index contributed by atoms with van der Waals surface area (Å²) in [6.45, 7) is 5.45. The first kappa shape index (κ1) is 21.2.